The van der Waals surface area contributed by atoms with E-state index >= 15 is 0 Å². The van der Waals surface area contributed by atoms with Gasteiger partial charge < -0.3 is 14.2 Å². The number of aryl methyl sites for hydroxylation is 1. The van der Waals surface area contributed by atoms with Crippen LogP contribution in [0.15, 0.2) is 77.2 Å². The van der Waals surface area contributed by atoms with Gasteiger partial charge in [-0.25, -0.2) is 0 Å². The number of benzene rings is 4. The van der Waals surface area contributed by atoms with Crippen LogP contribution in [-0.2, 0) is 0 Å². The lowest BCUT2D eigenvalue weighted by Gasteiger charge is -2.21. The molecule has 1 aliphatic heterocycles. The summed E-state index contributed by atoms with van der Waals surface area (Å²) in [5.74, 6) is 0. The van der Waals surface area contributed by atoms with Crippen LogP contribution in [0.3, 0.4) is 0 Å². The first-order valence-electron chi connectivity index (χ1n) is 10.9. The van der Waals surface area contributed by atoms with Crippen LogP contribution in [0, 0.1) is 6.92 Å². The number of rotatable bonds is 1. The normalized spacial score (nSPS) is 15.8. The van der Waals surface area contributed by atoms with Crippen LogP contribution < -0.4 is 9.80 Å². The maximum atomic E-state index is 7.96. The fourth-order valence-electron chi connectivity index (χ4n) is 4.36. The van der Waals surface area contributed by atoms with Gasteiger partial charge in [-0.1, -0.05) is 36.4 Å². The van der Waals surface area contributed by atoms with Crippen molar-refractivity contribution in [3.8, 4) is 0 Å². The van der Waals surface area contributed by atoms with Crippen LogP contribution in [0.25, 0.3) is 32.7 Å². The van der Waals surface area contributed by atoms with Crippen molar-refractivity contribution in [3.63, 3.8) is 0 Å². The second kappa shape index (κ2) is 5.52. The number of anilines is 3. The Balaban J connectivity index is 1.55. The monoisotopic (exact) mass is 367 g/mol. The number of nitrogens with zero attached hydrogens (tertiary/aromatic N) is 2. The molecule has 4 aromatic carbocycles. The first-order chi connectivity index (χ1) is 14.9. The number of fused-ring (bicyclic) bond motifs is 5. The maximum absolute atomic E-state index is 7.96. The van der Waals surface area contributed by atoms with E-state index in [0.717, 1.165) is 50.0 Å². The highest BCUT2D eigenvalue weighted by Crippen LogP contribution is 2.43. The number of furan rings is 1. The van der Waals surface area contributed by atoms with Gasteiger partial charge in [0.2, 0.25) is 0 Å². The van der Waals surface area contributed by atoms with Crippen molar-refractivity contribution >= 4 is 49.8 Å². The Bertz CT molecular complexity index is 1490. The van der Waals surface area contributed by atoms with Crippen LogP contribution in [0.1, 0.15) is 9.68 Å². The Morgan fingerprint density at radius 2 is 1.57 bits per heavy atom. The molecule has 0 N–H and O–H groups in total. The summed E-state index contributed by atoms with van der Waals surface area (Å²) in [5, 5.41) is 4.49. The van der Waals surface area contributed by atoms with Crippen molar-refractivity contribution in [2.24, 2.45) is 0 Å². The lowest BCUT2D eigenvalue weighted by molar-refractivity contribution is 0.666. The van der Waals surface area contributed by atoms with Gasteiger partial charge in [-0.15, -0.1) is 0 Å². The minimum atomic E-state index is -2.21. The Labute approximate surface area is 167 Å². The zero-order valence-corrected chi connectivity index (χ0v) is 15.4. The molecule has 0 radical (unpaired) electrons. The van der Waals surface area contributed by atoms with E-state index in [0.29, 0.717) is 0 Å². The summed E-state index contributed by atoms with van der Waals surface area (Å²) in [7, 11) is 0. The molecule has 0 unspecified atom stereocenters. The highest BCUT2D eigenvalue weighted by Gasteiger charge is 2.26. The Morgan fingerprint density at radius 3 is 2.39 bits per heavy atom. The number of hydrogen-bond acceptors (Lipinski definition) is 3. The lowest BCUT2D eigenvalue weighted by Crippen LogP contribution is -2.24. The molecular weight excluding hydrogens is 344 g/mol. The van der Waals surface area contributed by atoms with E-state index in [1.807, 2.05) is 43.3 Å². The second-order valence-corrected chi connectivity index (χ2v) is 7.37. The molecule has 1 aliphatic rings. The summed E-state index contributed by atoms with van der Waals surface area (Å²) in [6.45, 7) is 0.106. The van der Waals surface area contributed by atoms with Crippen LogP contribution >= 0.6 is 0 Å². The Kier molecular flexibility index (Phi) is 2.53. The zero-order chi connectivity index (χ0) is 21.3. The van der Waals surface area contributed by atoms with Gasteiger partial charge in [-0.3, -0.25) is 0 Å². The largest absolute Gasteiger partial charge is 0.456 e. The summed E-state index contributed by atoms with van der Waals surface area (Å²) in [4.78, 5) is 3.53. The second-order valence-electron chi connectivity index (χ2n) is 7.37. The molecule has 0 atom stereocenters. The molecule has 1 aromatic heterocycles. The molecule has 3 heteroatoms. The predicted octanol–water partition coefficient (Wildman–Crippen LogP) is 6.59. The van der Waals surface area contributed by atoms with Crippen molar-refractivity contribution in [1.82, 2.24) is 0 Å². The summed E-state index contributed by atoms with van der Waals surface area (Å²) in [6.07, 6.45) is 0. The molecule has 0 aliphatic carbocycles. The van der Waals surface area contributed by atoms with Crippen LogP contribution in [0.4, 0.5) is 17.1 Å². The van der Waals surface area contributed by atoms with Crippen molar-refractivity contribution in [1.29, 1.82) is 0 Å². The van der Waals surface area contributed by atoms with E-state index < -0.39 is 6.98 Å². The van der Waals surface area contributed by atoms with Crippen LogP contribution in [0.2, 0.25) is 0 Å². The third kappa shape index (κ3) is 2.04. The van der Waals surface area contributed by atoms with E-state index in [1.165, 1.54) is 10.3 Å². The van der Waals surface area contributed by atoms with Gasteiger partial charge in [-0.05, 0) is 54.1 Å². The zero-order valence-electron chi connectivity index (χ0n) is 18.4. The van der Waals surface area contributed by atoms with Gasteiger partial charge in [0.15, 0.2) is 0 Å². The molecule has 0 saturated carbocycles. The smallest absolute Gasteiger partial charge is 0.140 e. The fourth-order valence-corrected chi connectivity index (χ4v) is 4.36. The Morgan fingerprint density at radius 1 is 0.821 bits per heavy atom. The predicted molar refractivity (Wildman–Crippen MR) is 118 cm³/mol. The van der Waals surface area contributed by atoms with Gasteiger partial charge in [0.1, 0.15) is 11.2 Å². The van der Waals surface area contributed by atoms with E-state index in [4.69, 9.17) is 8.53 Å². The van der Waals surface area contributed by atoms with E-state index in [9.17, 15) is 0 Å². The Hall–Kier alpha value is -3.46. The topological polar surface area (TPSA) is 19.6 Å². The third-order valence-electron chi connectivity index (χ3n) is 5.76. The van der Waals surface area contributed by atoms with Crippen molar-refractivity contribution in [2.75, 3.05) is 23.4 Å². The van der Waals surface area contributed by atoms with Crippen molar-refractivity contribution < 1.29 is 8.53 Å². The molecule has 3 nitrogen and oxygen atoms in total. The first kappa shape index (κ1) is 12.8. The van der Waals surface area contributed by atoms with Gasteiger partial charge in [0.05, 0.1) is 18.0 Å². The number of para-hydroxylation sites is 2. The summed E-state index contributed by atoms with van der Waals surface area (Å²) < 4.78 is 30.2. The highest BCUT2D eigenvalue weighted by molar-refractivity contribution is 6.11. The summed E-state index contributed by atoms with van der Waals surface area (Å²) in [5.41, 5.74) is 5.27. The van der Waals surface area contributed by atoms with E-state index in [-0.39, 0.29) is 6.67 Å². The average molecular weight is 367 g/mol. The standard InChI is InChI=1S/C25H20N2O/c1-16-21(27-15-26(2)22-9-5-6-10-23(22)27)12-11-19-20-13-17-7-3-4-8-18(17)14-24(20)28-25(16)19/h3-14H,15H2,1-2H3/i2D3. The lowest BCUT2D eigenvalue weighted by atomic mass is 10.0. The molecule has 28 heavy (non-hydrogen) atoms. The molecule has 0 saturated heterocycles. The summed E-state index contributed by atoms with van der Waals surface area (Å²) in [6, 6.07) is 24.3. The average Bonchev–Trinajstić information content (AvgIpc) is 3.31. The van der Waals surface area contributed by atoms with Crippen LogP contribution in [-0.4, -0.2) is 13.6 Å². The minimum absolute atomic E-state index is 0.270. The quantitative estimate of drug-likeness (QED) is 0.333. The molecule has 0 amide bonds. The third-order valence-corrected chi connectivity index (χ3v) is 5.76. The fraction of sp³-hybridized carbons (Fsp3) is 0.120. The SMILES string of the molecule is [2H]C([2H])([2H])N1CN(c2ccc3c(oc4cc5ccccc5cc43)c2C)c2ccccc21. The van der Waals surface area contributed by atoms with Gasteiger partial charge in [0, 0.05) is 33.1 Å². The molecule has 0 fully saturated rings. The van der Waals surface area contributed by atoms with E-state index in [1.54, 1.807) is 0 Å². The first-order valence-corrected chi connectivity index (χ1v) is 9.41. The van der Waals surface area contributed by atoms with Gasteiger partial charge in [0.25, 0.3) is 0 Å². The maximum Gasteiger partial charge on any atom is 0.140 e. The van der Waals surface area contributed by atoms with Crippen molar-refractivity contribution in [2.45, 2.75) is 6.92 Å². The van der Waals surface area contributed by atoms with Crippen molar-refractivity contribution in [3.05, 3.63) is 78.4 Å². The molecule has 6 rings (SSSR count). The molecule has 5 aromatic rings. The molecule has 0 bridgehead atoms. The number of hydrogen-bond donors (Lipinski definition) is 0. The molecule has 0 spiro atoms. The molecular formula is C25H20N2O. The van der Waals surface area contributed by atoms with Gasteiger partial charge >= 0.3 is 0 Å². The highest BCUT2D eigenvalue weighted by atomic mass is 16.3. The minimum Gasteiger partial charge on any atom is -0.456 e. The van der Waals surface area contributed by atoms with Gasteiger partial charge in [-0.2, -0.15) is 0 Å². The molecule has 136 valence electrons. The molecule has 2 heterocycles. The summed E-state index contributed by atoms with van der Waals surface area (Å²) >= 11 is 0. The van der Waals surface area contributed by atoms with Crippen LogP contribution in [0.5, 0.6) is 0 Å². The van der Waals surface area contributed by atoms with E-state index in [2.05, 4.69) is 41.3 Å².